The third-order valence-corrected chi connectivity index (χ3v) is 11.8. The maximum absolute atomic E-state index is 12.9. The molecule has 0 rings (SSSR count). The van der Waals surface area contributed by atoms with Gasteiger partial charge in [-0.1, -0.05) is 181 Å². The van der Waals surface area contributed by atoms with Gasteiger partial charge in [0.1, 0.15) is 12.7 Å². The van der Waals surface area contributed by atoms with E-state index in [1.54, 1.807) is 0 Å². The van der Waals surface area contributed by atoms with Gasteiger partial charge in [-0.15, -0.1) is 0 Å². The van der Waals surface area contributed by atoms with E-state index < -0.39 is 57.8 Å². The van der Waals surface area contributed by atoms with E-state index in [2.05, 4.69) is 142 Å². The van der Waals surface area contributed by atoms with Gasteiger partial charge in [-0.25, -0.2) is 4.57 Å². The van der Waals surface area contributed by atoms with Gasteiger partial charge in [0.2, 0.25) is 0 Å². The van der Waals surface area contributed by atoms with Crippen molar-refractivity contribution in [1.82, 2.24) is 0 Å². The summed E-state index contributed by atoms with van der Waals surface area (Å²) < 4.78 is 39.4. The molecule has 0 bridgehead atoms. The third kappa shape index (κ3) is 50.8. The van der Waals surface area contributed by atoms with E-state index in [1.165, 1.54) is 0 Å². The fourth-order valence-electron chi connectivity index (χ4n) is 6.73. The van der Waals surface area contributed by atoms with E-state index in [4.69, 9.17) is 23.3 Å². The van der Waals surface area contributed by atoms with E-state index in [-0.39, 0.29) is 25.9 Å². The number of allylic oxidation sites excluding steroid dienone is 20. The smallest absolute Gasteiger partial charge is 0.462 e. The molecule has 0 saturated heterocycles. The number of rotatable bonds is 49. The fourth-order valence-corrected chi connectivity index (χ4v) is 7.51. The number of hydrogen-bond acceptors (Lipinski definition) is 10. The number of aliphatic hydroxyl groups is 1. The van der Waals surface area contributed by atoms with Crippen molar-refractivity contribution >= 4 is 25.7 Å². The quantitative estimate of drug-likeness (QED) is 0.0197. The van der Waals surface area contributed by atoms with Crippen molar-refractivity contribution in [2.75, 3.05) is 26.4 Å². The summed E-state index contributed by atoms with van der Waals surface area (Å²) in [5.41, 5.74) is 0. The highest BCUT2D eigenvalue weighted by Crippen LogP contribution is 2.43. The zero-order chi connectivity index (χ0) is 52.7. The molecule has 11 nitrogen and oxygen atoms in total. The summed E-state index contributed by atoms with van der Waals surface area (Å²) in [6, 6.07) is 0. The van der Waals surface area contributed by atoms with Gasteiger partial charge in [0.25, 0.3) is 0 Å². The molecule has 0 saturated carbocycles. The second kappa shape index (κ2) is 53.2. The van der Waals surface area contributed by atoms with Crippen LogP contribution in [0.4, 0.5) is 0 Å². The van der Waals surface area contributed by atoms with Crippen molar-refractivity contribution in [2.45, 2.75) is 213 Å². The largest absolute Gasteiger partial charge is 0.472 e. The van der Waals surface area contributed by atoms with Crippen LogP contribution in [0.15, 0.2) is 122 Å². The van der Waals surface area contributed by atoms with Crippen LogP contribution in [-0.2, 0) is 42.2 Å². The number of esters is 3. The second-order valence-electron chi connectivity index (χ2n) is 17.6. The van der Waals surface area contributed by atoms with E-state index in [0.29, 0.717) is 19.3 Å². The molecule has 0 fully saturated rings. The molecule has 0 aromatic heterocycles. The van der Waals surface area contributed by atoms with Crippen LogP contribution in [0.5, 0.6) is 0 Å². The minimum atomic E-state index is -4.77. The topological polar surface area (TPSA) is 155 Å². The minimum absolute atomic E-state index is 0.102. The van der Waals surface area contributed by atoms with Crippen molar-refractivity contribution in [3.63, 3.8) is 0 Å². The Hall–Kier alpha value is -4.12. The van der Waals surface area contributed by atoms with Crippen molar-refractivity contribution in [2.24, 2.45) is 0 Å². The number of aliphatic hydroxyl groups excluding tert-OH is 1. The summed E-state index contributed by atoms with van der Waals surface area (Å²) in [4.78, 5) is 48.4. The summed E-state index contributed by atoms with van der Waals surface area (Å²) in [5, 5.41) is 9.79. The molecule has 72 heavy (non-hydrogen) atoms. The van der Waals surface area contributed by atoms with Crippen molar-refractivity contribution in [1.29, 1.82) is 0 Å². The van der Waals surface area contributed by atoms with Crippen LogP contribution in [-0.4, -0.2) is 66.5 Å². The summed E-state index contributed by atoms with van der Waals surface area (Å²) in [5.74, 6) is -1.57. The number of carbonyl (C=O) groups excluding carboxylic acids is 3. The first-order chi connectivity index (χ1) is 35.2. The highest BCUT2D eigenvalue weighted by molar-refractivity contribution is 7.47. The molecule has 0 radical (unpaired) electrons. The molecular formula is C60H97O11P. The molecule has 0 aliphatic rings. The Morgan fingerprint density at radius 3 is 1.14 bits per heavy atom. The number of phosphoric acid groups is 1. The second-order valence-corrected chi connectivity index (χ2v) is 19.1. The zero-order valence-electron chi connectivity index (χ0n) is 44.8. The summed E-state index contributed by atoms with van der Waals surface area (Å²) in [7, 11) is -4.77. The Kier molecular flexibility index (Phi) is 50.1. The van der Waals surface area contributed by atoms with Gasteiger partial charge in [-0.3, -0.25) is 23.4 Å². The average Bonchev–Trinajstić information content (AvgIpc) is 3.37. The predicted molar refractivity (Wildman–Crippen MR) is 297 cm³/mol. The van der Waals surface area contributed by atoms with Gasteiger partial charge in [0.05, 0.1) is 19.8 Å². The van der Waals surface area contributed by atoms with E-state index in [9.17, 15) is 28.9 Å². The van der Waals surface area contributed by atoms with Crippen LogP contribution >= 0.6 is 7.82 Å². The third-order valence-electron chi connectivity index (χ3n) is 10.8. The number of hydrogen-bond donors (Lipinski definition) is 2. The molecule has 2 N–H and O–H groups in total. The van der Waals surface area contributed by atoms with E-state index in [1.807, 2.05) is 0 Å². The lowest BCUT2D eigenvalue weighted by Gasteiger charge is -2.21. The van der Waals surface area contributed by atoms with Gasteiger partial charge < -0.3 is 24.2 Å². The monoisotopic (exact) mass is 1020 g/mol. The van der Waals surface area contributed by atoms with Gasteiger partial charge >= 0.3 is 25.7 Å². The molecule has 0 aliphatic carbocycles. The molecule has 0 amide bonds. The van der Waals surface area contributed by atoms with Crippen molar-refractivity contribution < 1.29 is 52.2 Å². The van der Waals surface area contributed by atoms with Crippen LogP contribution in [0.25, 0.3) is 0 Å². The number of ether oxygens (including phenoxy) is 3. The van der Waals surface area contributed by atoms with Crippen LogP contribution in [0, 0.1) is 0 Å². The fraction of sp³-hybridized carbons (Fsp3) is 0.617. The molecule has 0 heterocycles. The molecule has 408 valence electrons. The normalized spacial score (nSPS) is 14.3. The highest BCUT2D eigenvalue weighted by atomic mass is 31.2. The molecule has 0 aliphatic heterocycles. The van der Waals surface area contributed by atoms with Crippen molar-refractivity contribution in [3.8, 4) is 0 Å². The van der Waals surface area contributed by atoms with Gasteiger partial charge in [0, 0.05) is 19.3 Å². The SMILES string of the molecule is CC/C=C\C/C=C\C/C=C\C/C=C\CCCCCCC(=O)OCC(COP(=O)(O)OCC(CO)OC(=O)CCCCCCC/C=C\C/C=C\CCC)OC(=O)CCCC/C=C\C/C=C\C/C=C\C/C=C\CC. The highest BCUT2D eigenvalue weighted by Gasteiger charge is 2.28. The maximum Gasteiger partial charge on any atom is 0.472 e. The lowest BCUT2D eigenvalue weighted by molar-refractivity contribution is -0.161. The Morgan fingerprint density at radius 2 is 0.722 bits per heavy atom. The molecule has 3 unspecified atom stereocenters. The van der Waals surface area contributed by atoms with Crippen LogP contribution in [0.3, 0.4) is 0 Å². The lowest BCUT2D eigenvalue weighted by Crippen LogP contribution is -2.30. The summed E-state index contributed by atoms with van der Waals surface area (Å²) in [6.07, 6.45) is 64.5. The first-order valence-corrected chi connectivity index (χ1v) is 28.9. The van der Waals surface area contributed by atoms with Crippen molar-refractivity contribution in [3.05, 3.63) is 122 Å². The Bertz CT molecular complexity index is 1670. The average molecular weight is 1030 g/mol. The van der Waals surface area contributed by atoms with Gasteiger partial charge in [-0.05, 0) is 122 Å². The summed E-state index contributed by atoms with van der Waals surface area (Å²) in [6.45, 7) is 4.23. The molecule has 0 aromatic carbocycles. The lowest BCUT2D eigenvalue weighted by atomic mass is 10.1. The standard InChI is InChI=1S/C60H97O11P/c1-4-7-10-13-16-19-22-25-27-28-30-32-34-37-40-43-46-49-58(62)67-53-57(71-60(64)51-48-45-42-39-36-33-29-26-23-20-17-14-11-8-5-2)55-69-72(65,66)68-54-56(52-61)70-59(63)50-47-44-41-38-35-31-24-21-18-15-12-9-6-3/h7-8,10-12,15-17,19-21,24-27,29-30,32,36,39,56-57,61H,4-6,9,13-14,18,22-23,28,31,33-35,37-38,40-55H2,1-3H3,(H,65,66)/b10-7-,11-8-,15-12-,19-16-,20-17-,24-21-,27-25-,29-26-,32-30-,39-36-. The predicted octanol–water partition coefficient (Wildman–Crippen LogP) is 16.0. The molecule has 12 heteroatoms. The minimum Gasteiger partial charge on any atom is -0.462 e. The van der Waals surface area contributed by atoms with Gasteiger partial charge in [-0.2, -0.15) is 0 Å². The number of phosphoric ester groups is 1. The van der Waals surface area contributed by atoms with E-state index in [0.717, 1.165) is 141 Å². The van der Waals surface area contributed by atoms with Crippen LogP contribution in [0.1, 0.15) is 201 Å². The van der Waals surface area contributed by atoms with Crippen LogP contribution in [0.2, 0.25) is 0 Å². The molecular weight excluding hydrogens is 928 g/mol. The van der Waals surface area contributed by atoms with Crippen LogP contribution < -0.4 is 0 Å². The molecule has 0 aromatic rings. The Morgan fingerprint density at radius 1 is 0.403 bits per heavy atom. The molecule has 0 spiro atoms. The number of unbranched alkanes of at least 4 members (excludes halogenated alkanes) is 12. The maximum atomic E-state index is 12.9. The first kappa shape index (κ1) is 67.9. The van der Waals surface area contributed by atoms with E-state index >= 15 is 0 Å². The Balaban J connectivity index is 4.87. The Labute approximate surface area is 437 Å². The zero-order valence-corrected chi connectivity index (χ0v) is 45.7. The first-order valence-electron chi connectivity index (χ1n) is 27.4. The molecule has 3 atom stereocenters. The summed E-state index contributed by atoms with van der Waals surface area (Å²) >= 11 is 0. The van der Waals surface area contributed by atoms with Gasteiger partial charge in [0.15, 0.2) is 6.10 Å². The number of carbonyl (C=O) groups is 3.